The zero-order chi connectivity index (χ0) is 14.0. The summed E-state index contributed by atoms with van der Waals surface area (Å²) in [7, 11) is 0. The molecule has 0 saturated heterocycles. The second-order valence-electron chi connectivity index (χ2n) is 5.23. The second-order valence-corrected chi connectivity index (χ2v) is 5.23. The third kappa shape index (κ3) is 17.1. The molecule has 110 valence electrons. The molecule has 0 fully saturated rings. The Morgan fingerprint density at radius 1 is 0.684 bits per heavy atom. The lowest BCUT2D eigenvalue weighted by Crippen LogP contribution is -1.81. The van der Waals surface area contributed by atoms with Crippen LogP contribution in [-0.2, 0) is 4.79 Å². The van der Waals surface area contributed by atoms with Gasteiger partial charge in [0.05, 0.1) is 0 Å². The van der Waals surface area contributed by atoms with Crippen LogP contribution in [0.5, 0.6) is 0 Å². The fraction of sp³-hybridized carbons (Fsp3) is 0.722. The maximum Gasteiger partial charge on any atom is 0.123 e. The average Bonchev–Trinajstić information content (AvgIpc) is 2.43. The van der Waals surface area contributed by atoms with Gasteiger partial charge in [0.2, 0.25) is 0 Å². The smallest absolute Gasteiger partial charge is 0.123 e. The first-order chi connectivity index (χ1) is 9.41. The molecule has 0 aliphatic rings. The number of hydrogen-bond donors (Lipinski definition) is 0. The summed E-state index contributed by atoms with van der Waals surface area (Å²) in [6.45, 7) is 2.27. The van der Waals surface area contributed by atoms with Gasteiger partial charge in [-0.05, 0) is 12.8 Å². The number of unbranched alkanes of at least 4 members (excludes halogenated alkanes) is 10. The molecule has 0 amide bonds. The quantitative estimate of drug-likeness (QED) is 0.214. The zero-order valence-corrected chi connectivity index (χ0v) is 12.8. The molecular formula is C18H32O. The Bertz CT molecular complexity index is 228. The van der Waals surface area contributed by atoms with Gasteiger partial charge in [0, 0.05) is 6.42 Å². The maximum atomic E-state index is 10.1. The van der Waals surface area contributed by atoms with Gasteiger partial charge in [-0.2, -0.15) is 0 Å². The highest BCUT2D eigenvalue weighted by Crippen LogP contribution is 2.11. The molecule has 0 atom stereocenters. The Hall–Kier alpha value is -0.850. The van der Waals surface area contributed by atoms with E-state index in [0.29, 0.717) is 6.42 Å². The van der Waals surface area contributed by atoms with Crippen molar-refractivity contribution in [1.29, 1.82) is 0 Å². The molecule has 0 rings (SSSR count). The normalized spacial score (nSPS) is 11.6. The van der Waals surface area contributed by atoms with E-state index in [9.17, 15) is 4.79 Å². The van der Waals surface area contributed by atoms with Crippen molar-refractivity contribution in [2.24, 2.45) is 0 Å². The van der Waals surface area contributed by atoms with E-state index in [2.05, 4.69) is 19.1 Å². The summed E-state index contributed by atoms with van der Waals surface area (Å²) in [5, 5.41) is 0. The molecule has 0 heterocycles. The van der Waals surface area contributed by atoms with Crippen LogP contribution >= 0.6 is 0 Å². The maximum absolute atomic E-state index is 10.1. The van der Waals surface area contributed by atoms with E-state index >= 15 is 0 Å². The van der Waals surface area contributed by atoms with Crippen molar-refractivity contribution in [3.8, 4) is 0 Å². The molecule has 0 N–H and O–H groups in total. The number of aldehydes is 1. The first-order valence-corrected chi connectivity index (χ1v) is 8.17. The summed E-state index contributed by atoms with van der Waals surface area (Å²) in [5.41, 5.74) is 0. The standard InChI is InChI=1S/C18H32O/c1-2-3-4-5-6-7-8-9-10-11-12-13-14-15-16-17-18-19/h13-16,18H,2-12,17H2,1H3. The Morgan fingerprint density at radius 3 is 1.79 bits per heavy atom. The highest BCUT2D eigenvalue weighted by Gasteiger charge is 1.91. The average molecular weight is 264 g/mol. The van der Waals surface area contributed by atoms with Crippen molar-refractivity contribution in [3.05, 3.63) is 24.3 Å². The topological polar surface area (TPSA) is 17.1 Å². The summed E-state index contributed by atoms with van der Waals surface area (Å²) >= 11 is 0. The third-order valence-corrected chi connectivity index (χ3v) is 3.34. The summed E-state index contributed by atoms with van der Waals surface area (Å²) in [6, 6.07) is 0. The second kappa shape index (κ2) is 17.2. The molecular weight excluding hydrogens is 232 g/mol. The first kappa shape index (κ1) is 18.1. The van der Waals surface area contributed by atoms with Crippen molar-refractivity contribution >= 4 is 6.29 Å². The minimum absolute atomic E-state index is 0.530. The van der Waals surface area contributed by atoms with Crippen LogP contribution in [-0.4, -0.2) is 6.29 Å². The molecule has 0 aromatic carbocycles. The van der Waals surface area contributed by atoms with Gasteiger partial charge in [-0.1, -0.05) is 89.0 Å². The molecule has 19 heavy (non-hydrogen) atoms. The van der Waals surface area contributed by atoms with E-state index in [1.54, 1.807) is 0 Å². The minimum Gasteiger partial charge on any atom is -0.303 e. The van der Waals surface area contributed by atoms with Crippen LogP contribution in [0.15, 0.2) is 24.3 Å². The summed E-state index contributed by atoms with van der Waals surface area (Å²) < 4.78 is 0. The summed E-state index contributed by atoms with van der Waals surface area (Å²) in [4.78, 5) is 10.1. The lowest BCUT2D eigenvalue weighted by atomic mass is 10.1. The first-order valence-electron chi connectivity index (χ1n) is 8.17. The van der Waals surface area contributed by atoms with E-state index in [-0.39, 0.29) is 0 Å². The van der Waals surface area contributed by atoms with Crippen LogP contribution in [0.2, 0.25) is 0 Å². The Kier molecular flexibility index (Phi) is 16.4. The molecule has 0 aromatic heterocycles. The molecule has 0 unspecified atom stereocenters. The van der Waals surface area contributed by atoms with Crippen molar-refractivity contribution in [1.82, 2.24) is 0 Å². The largest absolute Gasteiger partial charge is 0.303 e. The van der Waals surface area contributed by atoms with Crippen LogP contribution in [0.25, 0.3) is 0 Å². The number of carbonyl (C=O) groups excluding carboxylic acids is 1. The van der Waals surface area contributed by atoms with Crippen molar-refractivity contribution in [2.75, 3.05) is 0 Å². The van der Waals surface area contributed by atoms with Crippen LogP contribution in [0.3, 0.4) is 0 Å². The Morgan fingerprint density at radius 2 is 1.21 bits per heavy atom. The van der Waals surface area contributed by atoms with Gasteiger partial charge in [-0.3, -0.25) is 0 Å². The van der Waals surface area contributed by atoms with Crippen molar-refractivity contribution in [3.63, 3.8) is 0 Å². The van der Waals surface area contributed by atoms with Gasteiger partial charge < -0.3 is 4.79 Å². The van der Waals surface area contributed by atoms with Gasteiger partial charge in [0.15, 0.2) is 0 Å². The molecule has 1 nitrogen and oxygen atoms in total. The zero-order valence-electron chi connectivity index (χ0n) is 12.8. The molecule has 0 bridgehead atoms. The van der Waals surface area contributed by atoms with Crippen LogP contribution in [0.4, 0.5) is 0 Å². The fourth-order valence-electron chi connectivity index (χ4n) is 2.14. The van der Waals surface area contributed by atoms with Crippen LogP contribution in [0.1, 0.15) is 84.0 Å². The van der Waals surface area contributed by atoms with E-state index in [1.807, 2.05) is 12.2 Å². The lowest BCUT2D eigenvalue weighted by Gasteiger charge is -2.01. The van der Waals surface area contributed by atoms with Crippen molar-refractivity contribution < 1.29 is 4.79 Å². The number of hydrogen-bond acceptors (Lipinski definition) is 1. The van der Waals surface area contributed by atoms with E-state index in [4.69, 9.17) is 0 Å². The van der Waals surface area contributed by atoms with E-state index < -0.39 is 0 Å². The minimum atomic E-state index is 0.530. The number of carbonyl (C=O) groups is 1. The molecule has 0 saturated carbocycles. The molecule has 0 aliphatic carbocycles. The summed E-state index contributed by atoms with van der Waals surface area (Å²) in [6.07, 6.45) is 24.7. The van der Waals surface area contributed by atoms with Gasteiger partial charge in [0.1, 0.15) is 6.29 Å². The third-order valence-electron chi connectivity index (χ3n) is 3.34. The molecule has 0 spiro atoms. The predicted molar refractivity (Wildman–Crippen MR) is 85.4 cm³/mol. The monoisotopic (exact) mass is 264 g/mol. The van der Waals surface area contributed by atoms with E-state index in [0.717, 1.165) is 6.29 Å². The number of rotatable bonds is 14. The van der Waals surface area contributed by atoms with Gasteiger partial charge in [-0.25, -0.2) is 0 Å². The molecule has 0 aliphatic heterocycles. The van der Waals surface area contributed by atoms with Gasteiger partial charge in [-0.15, -0.1) is 0 Å². The van der Waals surface area contributed by atoms with Crippen molar-refractivity contribution in [2.45, 2.75) is 84.0 Å². The number of allylic oxidation sites excluding steroid dienone is 4. The van der Waals surface area contributed by atoms with Gasteiger partial charge in [0.25, 0.3) is 0 Å². The SMILES string of the molecule is CCCCCCCCCCCCC=CC=CCC=O. The lowest BCUT2D eigenvalue weighted by molar-refractivity contribution is -0.107. The molecule has 0 aromatic rings. The predicted octanol–water partition coefficient (Wildman–Crippen LogP) is 6.00. The highest BCUT2D eigenvalue weighted by atomic mass is 16.1. The van der Waals surface area contributed by atoms with Crippen LogP contribution < -0.4 is 0 Å². The Labute approximate surface area is 120 Å². The highest BCUT2D eigenvalue weighted by molar-refractivity contribution is 5.52. The molecule has 1 heteroatoms. The Balaban J connectivity index is 3.08. The van der Waals surface area contributed by atoms with E-state index in [1.165, 1.54) is 70.6 Å². The fourth-order valence-corrected chi connectivity index (χ4v) is 2.14. The van der Waals surface area contributed by atoms with Gasteiger partial charge >= 0.3 is 0 Å². The molecule has 0 radical (unpaired) electrons. The summed E-state index contributed by atoms with van der Waals surface area (Å²) in [5.74, 6) is 0. The van der Waals surface area contributed by atoms with Crippen LogP contribution in [0, 0.1) is 0 Å².